The third-order valence-corrected chi connectivity index (χ3v) is 3.08. The molecule has 0 bridgehead atoms. The molecule has 0 unspecified atom stereocenters. The van der Waals surface area contributed by atoms with Crippen molar-refractivity contribution in [2.24, 2.45) is 0 Å². The normalized spacial score (nSPS) is 11.1. The van der Waals surface area contributed by atoms with Crippen molar-refractivity contribution < 1.29 is 9.59 Å². The summed E-state index contributed by atoms with van der Waals surface area (Å²) in [6.07, 6.45) is 2.37. The number of carbonyl (C=O) groups excluding carboxylic acids is 2. The van der Waals surface area contributed by atoms with E-state index in [1.165, 1.54) is 7.05 Å². The summed E-state index contributed by atoms with van der Waals surface area (Å²) in [7, 11) is 1.44. The molecule has 3 amide bonds. The predicted molar refractivity (Wildman–Crippen MR) is 77.3 cm³/mol. The zero-order valence-electron chi connectivity index (χ0n) is 10.6. The van der Waals surface area contributed by atoms with Gasteiger partial charge in [0.1, 0.15) is 0 Å². The van der Waals surface area contributed by atoms with Gasteiger partial charge in [-0.25, -0.2) is 4.79 Å². The molecule has 0 aliphatic heterocycles. The number of halogens is 2. The number of amides is 3. The Balaban J connectivity index is 3.07. The maximum atomic E-state index is 12.0. The van der Waals surface area contributed by atoms with E-state index >= 15 is 0 Å². The van der Waals surface area contributed by atoms with E-state index in [4.69, 9.17) is 23.2 Å². The van der Waals surface area contributed by atoms with Gasteiger partial charge in [0, 0.05) is 12.6 Å². The molecular weight excluding hydrogens is 287 g/mol. The van der Waals surface area contributed by atoms with Crippen molar-refractivity contribution in [1.29, 1.82) is 0 Å². The summed E-state index contributed by atoms with van der Waals surface area (Å²) in [4.78, 5) is 23.1. The van der Waals surface area contributed by atoms with E-state index < -0.39 is 11.9 Å². The second kappa shape index (κ2) is 7.16. The number of hydrogen-bond donors (Lipinski definition) is 2. The summed E-state index contributed by atoms with van der Waals surface area (Å²) in [5.74, 6) is -0.486. The largest absolute Gasteiger partial charge is 0.341 e. The van der Waals surface area contributed by atoms with Crippen molar-refractivity contribution in [3.05, 3.63) is 39.9 Å². The Morgan fingerprint density at radius 1 is 1.26 bits per heavy atom. The summed E-state index contributed by atoms with van der Waals surface area (Å²) < 4.78 is 0. The lowest BCUT2D eigenvalue weighted by atomic mass is 10.0. The molecule has 2 N–H and O–H groups in total. The van der Waals surface area contributed by atoms with Gasteiger partial charge in [-0.3, -0.25) is 10.1 Å². The van der Waals surface area contributed by atoms with Gasteiger partial charge >= 0.3 is 6.03 Å². The standard InChI is InChI=1S/C13H14Cl2N2O2/c1-3-4-9(12(18)17-13(19)16-2)8-5-6-10(14)11(15)7-8/h4-7H,3H2,1-2H3,(H2,16,17,18,19)/b9-4+. The van der Waals surface area contributed by atoms with E-state index in [1.807, 2.05) is 6.92 Å². The molecule has 0 aliphatic rings. The van der Waals surface area contributed by atoms with Gasteiger partial charge in [0.15, 0.2) is 0 Å². The summed E-state index contributed by atoms with van der Waals surface area (Å²) in [5, 5.41) is 5.30. The lowest BCUT2D eigenvalue weighted by molar-refractivity contribution is -0.114. The molecule has 1 aromatic carbocycles. The molecule has 0 radical (unpaired) electrons. The van der Waals surface area contributed by atoms with Gasteiger partial charge in [-0.1, -0.05) is 42.3 Å². The van der Waals surface area contributed by atoms with Crippen LogP contribution in [-0.4, -0.2) is 19.0 Å². The number of rotatable bonds is 3. The Hall–Kier alpha value is -1.52. The van der Waals surface area contributed by atoms with Crippen LogP contribution in [0.4, 0.5) is 4.79 Å². The maximum Gasteiger partial charge on any atom is 0.321 e. The highest BCUT2D eigenvalue weighted by Crippen LogP contribution is 2.26. The SMILES string of the molecule is CC/C=C(/C(=O)NC(=O)NC)c1ccc(Cl)c(Cl)c1. The van der Waals surface area contributed by atoms with Crippen LogP contribution in [0.15, 0.2) is 24.3 Å². The smallest absolute Gasteiger partial charge is 0.321 e. The summed E-state index contributed by atoms with van der Waals surface area (Å²) >= 11 is 11.8. The molecule has 0 fully saturated rings. The van der Waals surface area contributed by atoms with Crippen molar-refractivity contribution in [1.82, 2.24) is 10.6 Å². The summed E-state index contributed by atoms with van der Waals surface area (Å²) in [5.41, 5.74) is 0.988. The first-order valence-electron chi connectivity index (χ1n) is 5.68. The molecular formula is C13H14Cl2N2O2. The third kappa shape index (κ3) is 4.26. The monoisotopic (exact) mass is 300 g/mol. The van der Waals surface area contributed by atoms with E-state index in [-0.39, 0.29) is 0 Å². The fourth-order valence-electron chi connectivity index (χ4n) is 1.44. The number of imide groups is 1. The van der Waals surface area contributed by atoms with Crippen molar-refractivity contribution in [2.75, 3.05) is 7.05 Å². The molecule has 19 heavy (non-hydrogen) atoms. The van der Waals surface area contributed by atoms with Crippen molar-refractivity contribution >= 4 is 40.7 Å². The number of carbonyl (C=O) groups is 2. The molecule has 1 rings (SSSR count). The van der Waals surface area contributed by atoms with Gasteiger partial charge in [0.05, 0.1) is 10.0 Å². The van der Waals surface area contributed by atoms with E-state index in [9.17, 15) is 9.59 Å². The molecule has 0 atom stereocenters. The van der Waals surface area contributed by atoms with Crippen LogP contribution < -0.4 is 10.6 Å². The van der Waals surface area contributed by atoms with E-state index in [2.05, 4.69) is 10.6 Å². The van der Waals surface area contributed by atoms with Gasteiger partial charge in [-0.2, -0.15) is 0 Å². The zero-order valence-corrected chi connectivity index (χ0v) is 12.1. The minimum atomic E-state index is -0.563. The number of allylic oxidation sites excluding steroid dienone is 1. The first-order chi connectivity index (χ1) is 8.99. The Bertz CT molecular complexity index is 527. The van der Waals surface area contributed by atoms with Crippen LogP contribution in [0.5, 0.6) is 0 Å². The van der Waals surface area contributed by atoms with Gasteiger partial charge in [-0.15, -0.1) is 0 Å². The zero-order chi connectivity index (χ0) is 14.4. The Kier molecular flexibility index (Phi) is 5.86. The van der Waals surface area contributed by atoms with Gasteiger partial charge < -0.3 is 5.32 Å². The van der Waals surface area contributed by atoms with Crippen LogP contribution in [0.3, 0.4) is 0 Å². The quantitative estimate of drug-likeness (QED) is 0.842. The van der Waals surface area contributed by atoms with Gasteiger partial charge in [0.2, 0.25) is 0 Å². The maximum absolute atomic E-state index is 12.0. The number of urea groups is 1. The van der Waals surface area contributed by atoms with E-state index in [0.717, 1.165) is 0 Å². The molecule has 0 spiro atoms. The predicted octanol–water partition coefficient (Wildman–Crippen LogP) is 3.24. The molecule has 0 aromatic heterocycles. The molecule has 102 valence electrons. The summed E-state index contributed by atoms with van der Waals surface area (Å²) in [6, 6.07) is 4.32. The molecule has 0 heterocycles. The first-order valence-corrected chi connectivity index (χ1v) is 6.43. The van der Waals surface area contributed by atoms with Crippen molar-refractivity contribution in [3.63, 3.8) is 0 Å². The van der Waals surface area contributed by atoms with Gasteiger partial charge in [-0.05, 0) is 24.1 Å². The molecule has 0 aliphatic carbocycles. The topological polar surface area (TPSA) is 58.2 Å². The average molecular weight is 301 g/mol. The Labute approximate surface area is 121 Å². The van der Waals surface area contributed by atoms with E-state index in [0.29, 0.717) is 27.6 Å². The van der Waals surface area contributed by atoms with Crippen LogP contribution >= 0.6 is 23.2 Å². The average Bonchev–Trinajstić information content (AvgIpc) is 2.39. The Morgan fingerprint density at radius 3 is 2.47 bits per heavy atom. The van der Waals surface area contributed by atoms with Crippen LogP contribution in [0.25, 0.3) is 5.57 Å². The van der Waals surface area contributed by atoms with Crippen LogP contribution in [0, 0.1) is 0 Å². The second-order valence-corrected chi connectivity index (χ2v) is 4.50. The second-order valence-electron chi connectivity index (χ2n) is 3.69. The number of hydrogen-bond acceptors (Lipinski definition) is 2. The molecule has 4 nitrogen and oxygen atoms in total. The third-order valence-electron chi connectivity index (χ3n) is 2.34. The number of benzene rings is 1. The highest BCUT2D eigenvalue weighted by molar-refractivity contribution is 6.42. The van der Waals surface area contributed by atoms with Gasteiger partial charge in [0.25, 0.3) is 5.91 Å². The molecule has 0 saturated heterocycles. The first kappa shape index (κ1) is 15.5. The molecule has 6 heteroatoms. The van der Waals surface area contributed by atoms with Crippen LogP contribution in [0.1, 0.15) is 18.9 Å². The fraction of sp³-hybridized carbons (Fsp3) is 0.231. The lowest BCUT2D eigenvalue weighted by Crippen LogP contribution is -2.37. The summed E-state index contributed by atoms with van der Waals surface area (Å²) in [6.45, 7) is 1.89. The van der Waals surface area contributed by atoms with E-state index in [1.54, 1.807) is 24.3 Å². The van der Waals surface area contributed by atoms with Crippen molar-refractivity contribution in [3.8, 4) is 0 Å². The highest BCUT2D eigenvalue weighted by atomic mass is 35.5. The minimum Gasteiger partial charge on any atom is -0.341 e. The minimum absolute atomic E-state index is 0.355. The fourth-order valence-corrected chi connectivity index (χ4v) is 1.74. The number of nitrogens with one attached hydrogen (secondary N) is 2. The molecule has 1 aromatic rings. The van der Waals surface area contributed by atoms with Crippen LogP contribution in [-0.2, 0) is 4.79 Å². The molecule has 0 saturated carbocycles. The Morgan fingerprint density at radius 2 is 1.95 bits per heavy atom. The lowest BCUT2D eigenvalue weighted by Gasteiger charge is -2.09. The van der Waals surface area contributed by atoms with Crippen LogP contribution in [0.2, 0.25) is 10.0 Å². The van der Waals surface area contributed by atoms with Crippen molar-refractivity contribution in [2.45, 2.75) is 13.3 Å². The highest BCUT2D eigenvalue weighted by Gasteiger charge is 2.14.